The normalized spacial score (nSPS) is 17.1. The summed E-state index contributed by atoms with van der Waals surface area (Å²) in [6.45, 7) is 4.08. The molecular weight excluding hydrogens is 357 g/mol. The number of aromatic hydroxyl groups is 1. The Morgan fingerprint density at radius 3 is 2.46 bits per heavy atom. The van der Waals surface area contributed by atoms with Crippen molar-refractivity contribution in [1.82, 2.24) is 14.8 Å². The molecule has 0 radical (unpaired) electrons. The molecule has 3 aromatic rings. The number of aromatic nitrogens is 1. The maximum absolute atomic E-state index is 13.5. The van der Waals surface area contributed by atoms with E-state index in [4.69, 9.17) is 0 Å². The molecule has 146 valence electrons. The second-order valence-electron chi connectivity index (χ2n) is 7.13. The van der Waals surface area contributed by atoms with Gasteiger partial charge in [-0.25, -0.2) is 4.39 Å². The van der Waals surface area contributed by atoms with Crippen molar-refractivity contribution in [3.63, 3.8) is 0 Å². The summed E-state index contributed by atoms with van der Waals surface area (Å²) in [5.74, 6) is -0.107. The minimum Gasteiger partial charge on any atom is -0.505 e. The molecule has 1 aliphatic rings. The number of phenolic OH excluding ortho intramolecular Hbond substituents is 1. The number of nitrogens with zero attached hydrogens (tertiary/aromatic N) is 3. The van der Waals surface area contributed by atoms with Crippen LogP contribution in [0.3, 0.4) is 0 Å². The Morgan fingerprint density at radius 1 is 1.00 bits per heavy atom. The highest BCUT2D eigenvalue weighted by Crippen LogP contribution is 2.38. The number of piperazine rings is 1. The number of aliphatic hydroxyl groups excluding tert-OH is 1. The molecule has 0 saturated carbocycles. The first-order valence-electron chi connectivity index (χ1n) is 9.56. The van der Waals surface area contributed by atoms with Gasteiger partial charge in [0.25, 0.3) is 0 Å². The summed E-state index contributed by atoms with van der Waals surface area (Å²) in [5.41, 5.74) is 2.28. The minimum atomic E-state index is -0.278. The van der Waals surface area contributed by atoms with Crippen molar-refractivity contribution in [2.45, 2.75) is 6.04 Å². The number of phenols is 1. The lowest BCUT2D eigenvalue weighted by Crippen LogP contribution is -2.48. The van der Waals surface area contributed by atoms with Crippen molar-refractivity contribution < 1.29 is 14.6 Å². The van der Waals surface area contributed by atoms with Crippen LogP contribution in [-0.4, -0.2) is 64.3 Å². The van der Waals surface area contributed by atoms with Gasteiger partial charge in [0.15, 0.2) is 0 Å². The van der Waals surface area contributed by atoms with Crippen molar-refractivity contribution in [3.8, 4) is 5.75 Å². The number of rotatable bonds is 5. The van der Waals surface area contributed by atoms with Crippen molar-refractivity contribution in [1.29, 1.82) is 0 Å². The van der Waals surface area contributed by atoms with Crippen molar-refractivity contribution in [2.24, 2.45) is 0 Å². The third-order valence-electron chi connectivity index (χ3n) is 5.45. The number of aliphatic hydroxyl groups is 1. The number of pyridine rings is 1. The zero-order valence-corrected chi connectivity index (χ0v) is 15.6. The number of hydrogen-bond donors (Lipinski definition) is 2. The van der Waals surface area contributed by atoms with Gasteiger partial charge in [-0.2, -0.15) is 0 Å². The van der Waals surface area contributed by atoms with E-state index in [1.165, 1.54) is 12.1 Å². The van der Waals surface area contributed by atoms with Gasteiger partial charge in [-0.3, -0.25) is 14.8 Å². The van der Waals surface area contributed by atoms with E-state index in [0.29, 0.717) is 12.1 Å². The molecule has 1 fully saturated rings. The summed E-state index contributed by atoms with van der Waals surface area (Å²) >= 11 is 0. The Bertz CT molecular complexity index is 940. The van der Waals surface area contributed by atoms with Crippen LogP contribution in [0.25, 0.3) is 10.9 Å². The fourth-order valence-corrected chi connectivity index (χ4v) is 3.98. The van der Waals surface area contributed by atoms with Gasteiger partial charge in [0.2, 0.25) is 0 Å². The first-order valence-corrected chi connectivity index (χ1v) is 9.56. The van der Waals surface area contributed by atoms with Crippen LogP contribution in [0.15, 0.2) is 54.7 Å². The monoisotopic (exact) mass is 381 g/mol. The summed E-state index contributed by atoms with van der Waals surface area (Å²) in [6, 6.07) is 14.0. The van der Waals surface area contributed by atoms with Crippen molar-refractivity contribution >= 4 is 10.9 Å². The van der Waals surface area contributed by atoms with E-state index in [2.05, 4.69) is 14.8 Å². The highest BCUT2D eigenvalue weighted by molar-refractivity contribution is 5.85. The van der Waals surface area contributed by atoms with Crippen LogP contribution in [0.5, 0.6) is 5.75 Å². The Balaban J connectivity index is 1.74. The third-order valence-corrected chi connectivity index (χ3v) is 5.45. The lowest BCUT2D eigenvalue weighted by molar-refractivity contribution is 0.0938. The molecule has 0 aliphatic carbocycles. The number of benzene rings is 2. The molecule has 0 spiro atoms. The summed E-state index contributed by atoms with van der Waals surface area (Å²) in [5, 5.41) is 21.1. The molecule has 6 heteroatoms. The van der Waals surface area contributed by atoms with Crippen LogP contribution in [0.2, 0.25) is 0 Å². The Morgan fingerprint density at radius 2 is 1.75 bits per heavy atom. The van der Waals surface area contributed by atoms with Gasteiger partial charge < -0.3 is 10.2 Å². The fourth-order valence-electron chi connectivity index (χ4n) is 3.98. The van der Waals surface area contributed by atoms with Crippen molar-refractivity contribution in [3.05, 3.63) is 71.7 Å². The van der Waals surface area contributed by atoms with E-state index in [9.17, 15) is 14.6 Å². The van der Waals surface area contributed by atoms with E-state index < -0.39 is 0 Å². The summed E-state index contributed by atoms with van der Waals surface area (Å²) < 4.78 is 13.5. The molecule has 0 bridgehead atoms. The van der Waals surface area contributed by atoms with Crippen LogP contribution >= 0.6 is 0 Å². The number of β-amino-alcohol motifs (C(OH)–C–C–N with tert-alkyl or cyclic N) is 1. The lowest BCUT2D eigenvalue weighted by Gasteiger charge is -2.39. The first-order chi connectivity index (χ1) is 13.7. The minimum absolute atomic E-state index is 0.151. The molecule has 4 rings (SSSR count). The highest BCUT2D eigenvalue weighted by atomic mass is 19.1. The zero-order chi connectivity index (χ0) is 19.5. The average molecular weight is 381 g/mol. The molecule has 2 heterocycles. The Kier molecular flexibility index (Phi) is 5.52. The molecule has 0 amide bonds. The predicted molar refractivity (Wildman–Crippen MR) is 107 cm³/mol. The van der Waals surface area contributed by atoms with Crippen LogP contribution in [0, 0.1) is 5.82 Å². The zero-order valence-electron chi connectivity index (χ0n) is 15.6. The van der Waals surface area contributed by atoms with Gasteiger partial charge in [0.1, 0.15) is 17.1 Å². The predicted octanol–water partition coefficient (Wildman–Crippen LogP) is 2.78. The van der Waals surface area contributed by atoms with E-state index >= 15 is 0 Å². The first kappa shape index (κ1) is 18.8. The molecule has 1 aromatic heterocycles. The molecule has 1 saturated heterocycles. The molecule has 1 atom stereocenters. The molecule has 1 aliphatic heterocycles. The smallest absolute Gasteiger partial charge is 0.146 e. The van der Waals surface area contributed by atoms with Gasteiger partial charge in [0.05, 0.1) is 12.6 Å². The summed E-state index contributed by atoms with van der Waals surface area (Å²) in [6.07, 6.45) is 1.67. The molecule has 2 N–H and O–H groups in total. The maximum Gasteiger partial charge on any atom is 0.146 e. The van der Waals surface area contributed by atoms with Gasteiger partial charge in [-0.1, -0.05) is 30.3 Å². The van der Waals surface area contributed by atoms with Gasteiger partial charge in [0, 0.05) is 49.9 Å². The van der Waals surface area contributed by atoms with Crippen LogP contribution in [0.1, 0.15) is 17.2 Å². The molecule has 0 unspecified atom stereocenters. The fraction of sp³-hybridized carbons (Fsp3) is 0.318. The SMILES string of the molecule is OCCN1CCN([C@H](c2ccc(F)cc2)c2ccc3cccnc3c2O)CC1. The van der Waals surface area contributed by atoms with Gasteiger partial charge >= 0.3 is 0 Å². The molecule has 5 nitrogen and oxygen atoms in total. The number of halogens is 1. The second kappa shape index (κ2) is 8.22. The molecule has 2 aromatic carbocycles. The third kappa shape index (κ3) is 3.71. The standard InChI is InChI=1S/C22H24FN3O2/c23-18-6-3-17(4-7-18)21(26-12-10-25(11-13-26)14-15-27)19-8-5-16-2-1-9-24-20(16)22(19)28/h1-9,21,27-28H,10-15H2/t21-/m1/s1. The second-order valence-corrected chi connectivity index (χ2v) is 7.13. The quantitative estimate of drug-likeness (QED) is 0.712. The number of hydrogen-bond acceptors (Lipinski definition) is 5. The van der Waals surface area contributed by atoms with Crippen LogP contribution in [-0.2, 0) is 0 Å². The largest absolute Gasteiger partial charge is 0.505 e. The maximum atomic E-state index is 13.5. The van der Waals surface area contributed by atoms with E-state index in [1.807, 2.05) is 24.3 Å². The van der Waals surface area contributed by atoms with E-state index in [1.54, 1.807) is 18.3 Å². The van der Waals surface area contributed by atoms with Crippen LogP contribution < -0.4 is 0 Å². The van der Waals surface area contributed by atoms with Crippen molar-refractivity contribution in [2.75, 3.05) is 39.3 Å². The number of fused-ring (bicyclic) bond motifs is 1. The van der Waals surface area contributed by atoms with Crippen LogP contribution in [0.4, 0.5) is 4.39 Å². The Labute approximate surface area is 163 Å². The molecular formula is C22H24FN3O2. The topological polar surface area (TPSA) is 59.8 Å². The van der Waals surface area contributed by atoms with Gasteiger partial charge in [-0.05, 0) is 23.8 Å². The lowest BCUT2D eigenvalue weighted by atomic mass is 9.94. The highest BCUT2D eigenvalue weighted by Gasteiger charge is 2.29. The van der Waals surface area contributed by atoms with Gasteiger partial charge in [-0.15, -0.1) is 0 Å². The Hall–Kier alpha value is -2.54. The summed E-state index contributed by atoms with van der Waals surface area (Å²) in [4.78, 5) is 8.87. The molecule has 28 heavy (non-hydrogen) atoms. The average Bonchev–Trinajstić information content (AvgIpc) is 2.73. The summed E-state index contributed by atoms with van der Waals surface area (Å²) in [7, 11) is 0. The van der Waals surface area contributed by atoms with E-state index in [-0.39, 0.29) is 24.2 Å². The van der Waals surface area contributed by atoms with E-state index in [0.717, 1.165) is 42.7 Å².